The van der Waals surface area contributed by atoms with E-state index in [1.54, 1.807) is 31.4 Å². The number of methoxy groups -OCH3 is 1. The van der Waals surface area contributed by atoms with Gasteiger partial charge in [0.2, 0.25) is 10.0 Å². The van der Waals surface area contributed by atoms with Gasteiger partial charge in [0.1, 0.15) is 5.75 Å². The minimum absolute atomic E-state index is 0.0588. The predicted octanol–water partition coefficient (Wildman–Crippen LogP) is 1.29. The Labute approximate surface area is 155 Å². The molecule has 1 spiro atoms. The number of rotatable bonds is 7. The second kappa shape index (κ2) is 8.67. The number of nitrogens with one attached hydrogen (secondary N) is 2. The van der Waals surface area contributed by atoms with Crippen LogP contribution in [-0.2, 0) is 19.5 Å². The van der Waals surface area contributed by atoms with Gasteiger partial charge in [0.25, 0.3) is 0 Å². The summed E-state index contributed by atoms with van der Waals surface area (Å²) < 4.78 is 43.8. The van der Waals surface area contributed by atoms with Crippen LogP contribution in [0.4, 0.5) is 0 Å². The molecule has 2 aliphatic rings. The van der Waals surface area contributed by atoms with E-state index in [-0.39, 0.29) is 10.5 Å². The van der Waals surface area contributed by atoms with Crippen molar-refractivity contribution in [3.8, 4) is 5.75 Å². The van der Waals surface area contributed by atoms with E-state index in [0.29, 0.717) is 24.9 Å². The molecule has 26 heavy (non-hydrogen) atoms. The molecule has 2 aliphatic heterocycles. The van der Waals surface area contributed by atoms with Crippen molar-refractivity contribution in [1.82, 2.24) is 10.0 Å². The predicted molar refractivity (Wildman–Crippen MR) is 97.9 cm³/mol. The van der Waals surface area contributed by atoms with E-state index in [1.807, 2.05) is 0 Å². The van der Waals surface area contributed by atoms with E-state index in [1.165, 1.54) is 0 Å². The number of benzene rings is 1. The zero-order valence-corrected chi connectivity index (χ0v) is 16.0. The molecule has 7 nitrogen and oxygen atoms in total. The van der Waals surface area contributed by atoms with E-state index < -0.39 is 10.0 Å². The van der Waals surface area contributed by atoms with Crippen LogP contribution < -0.4 is 14.8 Å². The standard InChI is InChI=1S/C18H28N2O5S/c1-23-16-2-4-17(5-3-16)26(21,22)20-10-9-19-15-6-11-25-18(14-15)7-12-24-13-8-18/h2-5,15,19-20H,6-14H2,1H3/t15-/m1/s1. The molecule has 0 bridgehead atoms. The van der Waals surface area contributed by atoms with Gasteiger partial charge in [0.15, 0.2) is 0 Å². The fourth-order valence-corrected chi connectivity index (χ4v) is 4.63. The molecule has 0 unspecified atom stereocenters. The first-order valence-electron chi connectivity index (χ1n) is 9.12. The van der Waals surface area contributed by atoms with Crippen molar-refractivity contribution in [2.75, 3.05) is 40.0 Å². The van der Waals surface area contributed by atoms with Gasteiger partial charge in [0.05, 0.1) is 17.6 Å². The second-order valence-corrected chi connectivity index (χ2v) is 8.63. The van der Waals surface area contributed by atoms with Crippen LogP contribution in [0.3, 0.4) is 0 Å². The molecule has 2 fully saturated rings. The zero-order valence-electron chi connectivity index (χ0n) is 15.2. The Morgan fingerprint density at radius 2 is 1.88 bits per heavy atom. The summed E-state index contributed by atoms with van der Waals surface area (Å²) in [6.07, 6.45) is 3.79. The van der Waals surface area contributed by atoms with Crippen LogP contribution >= 0.6 is 0 Å². The first kappa shape index (κ1) is 19.6. The molecular formula is C18H28N2O5S. The number of sulfonamides is 1. The maximum atomic E-state index is 12.3. The largest absolute Gasteiger partial charge is 0.497 e. The second-order valence-electron chi connectivity index (χ2n) is 6.86. The lowest BCUT2D eigenvalue weighted by Crippen LogP contribution is -2.50. The monoisotopic (exact) mass is 384 g/mol. The Kier molecular flexibility index (Phi) is 6.52. The summed E-state index contributed by atoms with van der Waals surface area (Å²) in [7, 11) is -1.95. The number of hydrogen-bond donors (Lipinski definition) is 2. The first-order valence-corrected chi connectivity index (χ1v) is 10.6. The molecule has 146 valence electrons. The summed E-state index contributed by atoms with van der Waals surface area (Å²) in [5.41, 5.74) is -0.0588. The van der Waals surface area contributed by atoms with E-state index in [4.69, 9.17) is 14.2 Å². The topological polar surface area (TPSA) is 85.9 Å². The summed E-state index contributed by atoms with van der Waals surface area (Å²) in [6, 6.07) is 6.72. The average molecular weight is 384 g/mol. The van der Waals surface area contributed by atoms with Gasteiger partial charge >= 0.3 is 0 Å². The highest BCUT2D eigenvalue weighted by atomic mass is 32.2. The molecule has 2 saturated heterocycles. The third kappa shape index (κ3) is 4.95. The van der Waals surface area contributed by atoms with Crippen molar-refractivity contribution >= 4 is 10.0 Å². The van der Waals surface area contributed by atoms with E-state index >= 15 is 0 Å². The highest BCUT2D eigenvalue weighted by molar-refractivity contribution is 7.89. The van der Waals surface area contributed by atoms with Gasteiger partial charge in [-0.1, -0.05) is 0 Å². The Morgan fingerprint density at radius 1 is 1.15 bits per heavy atom. The normalized spacial score (nSPS) is 23.0. The van der Waals surface area contributed by atoms with Crippen LogP contribution in [0.25, 0.3) is 0 Å². The van der Waals surface area contributed by atoms with Crippen molar-refractivity contribution in [2.24, 2.45) is 0 Å². The van der Waals surface area contributed by atoms with Gasteiger partial charge in [0, 0.05) is 39.0 Å². The fourth-order valence-electron chi connectivity index (χ4n) is 3.59. The zero-order chi connectivity index (χ0) is 18.5. The van der Waals surface area contributed by atoms with Crippen molar-refractivity contribution in [2.45, 2.75) is 42.2 Å². The van der Waals surface area contributed by atoms with Crippen LogP contribution in [-0.4, -0.2) is 60.1 Å². The lowest BCUT2D eigenvalue weighted by molar-refractivity contribution is -0.140. The molecule has 8 heteroatoms. The summed E-state index contributed by atoms with van der Waals surface area (Å²) in [5, 5.41) is 3.47. The van der Waals surface area contributed by atoms with Crippen molar-refractivity contribution < 1.29 is 22.6 Å². The van der Waals surface area contributed by atoms with Gasteiger partial charge < -0.3 is 19.5 Å². The molecule has 0 aromatic heterocycles. The Morgan fingerprint density at radius 3 is 2.58 bits per heavy atom. The third-order valence-corrected chi connectivity index (χ3v) is 6.59. The molecule has 0 saturated carbocycles. The molecule has 3 rings (SSSR count). The van der Waals surface area contributed by atoms with Gasteiger partial charge in [-0.3, -0.25) is 0 Å². The molecule has 1 atom stereocenters. The summed E-state index contributed by atoms with van der Waals surface area (Å²) >= 11 is 0. The summed E-state index contributed by atoms with van der Waals surface area (Å²) in [5.74, 6) is 0.632. The molecular weight excluding hydrogens is 356 g/mol. The van der Waals surface area contributed by atoms with Crippen molar-refractivity contribution in [3.05, 3.63) is 24.3 Å². The highest BCUT2D eigenvalue weighted by Crippen LogP contribution is 2.34. The Hall–Kier alpha value is -1.19. The van der Waals surface area contributed by atoms with E-state index in [0.717, 1.165) is 45.5 Å². The molecule has 0 aliphatic carbocycles. The molecule has 0 amide bonds. The Bertz CT molecular complexity index is 666. The van der Waals surface area contributed by atoms with Crippen LogP contribution in [0.5, 0.6) is 5.75 Å². The fraction of sp³-hybridized carbons (Fsp3) is 0.667. The average Bonchev–Trinajstić information content (AvgIpc) is 2.66. The minimum Gasteiger partial charge on any atom is -0.497 e. The van der Waals surface area contributed by atoms with Crippen LogP contribution in [0.2, 0.25) is 0 Å². The SMILES string of the molecule is COc1ccc(S(=O)(=O)NCCN[C@@H]2CCOC3(CCOCC3)C2)cc1. The lowest BCUT2D eigenvalue weighted by atomic mass is 9.84. The van der Waals surface area contributed by atoms with E-state index in [9.17, 15) is 8.42 Å². The summed E-state index contributed by atoms with van der Waals surface area (Å²) in [6.45, 7) is 3.20. The van der Waals surface area contributed by atoms with Gasteiger partial charge in [-0.15, -0.1) is 0 Å². The van der Waals surface area contributed by atoms with Gasteiger partial charge in [-0.2, -0.15) is 0 Å². The maximum absolute atomic E-state index is 12.3. The molecule has 0 radical (unpaired) electrons. The minimum atomic E-state index is -3.50. The van der Waals surface area contributed by atoms with Crippen LogP contribution in [0, 0.1) is 0 Å². The van der Waals surface area contributed by atoms with Crippen molar-refractivity contribution in [3.63, 3.8) is 0 Å². The van der Waals surface area contributed by atoms with Crippen LogP contribution in [0.15, 0.2) is 29.2 Å². The van der Waals surface area contributed by atoms with Crippen molar-refractivity contribution in [1.29, 1.82) is 0 Å². The quantitative estimate of drug-likeness (QED) is 0.689. The Balaban J connectivity index is 1.44. The molecule has 1 aromatic rings. The number of ether oxygens (including phenoxy) is 3. The highest BCUT2D eigenvalue weighted by Gasteiger charge is 2.38. The summed E-state index contributed by atoms with van der Waals surface area (Å²) in [4.78, 5) is 0.241. The van der Waals surface area contributed by atoms with Crippen LogP contribution in [0.1, 0.15) is 25.7 Å². The molecule has 2 heterocycles. The van der Waals surface area contributed by atoms with E-state index in [2.05, 4.69) is 10.0 Å². The van der Waals surface area contributed by atoms with Gasteiger partial charge in [-0.25, -0.2) is 13.1 Å². The first-order chi connectivity index (χ1) is 12.5. The maximum Gasteiger partial charge on any atom is 0.240 e. The lowest BCUT2D eigenvalue weighted by Gasteiger charge is -2.43. The molecule has 1 aromatic carbocycles. The third-order valence-electron chi connectivity index (χ3n) is 5.12. The molecule has 2 N–H and O–H groups in total. The van der Waals surface area contributed by atoms with Gasteiger partial charge in [-0.05, 0) is 49.9 Å². The number of hydrogen-bond acceptors (Lipinski definition) is 6. The smallest absolute Gasteiger partial charge is 0.240 e.